The summed E-state index contributed by atoms with van der Waals surface area (Å²) in [7, 11) is 1.64. The summed E-state index contributed by atoms with van der Waals surface area (Å²) in [6.45, 7) is 0. The lowest BCUT2D eigenvalue weighted by atomic mass is 9.83. The predicted molar refractivity (Wildman–Crippen MR) is 139 cm³/mol. The third-order valence-corrected chi connectivity index (χ3v) is 7.67. The highest BCUT2D eigenvalue weighted by Gasteiger charge is 2.33. The predicted octanol–water partition coefficient (Wildman–Crippen LogP) is 4.24. The number of nitro benzene ring substituents is 1. The van der Waals surface area contributed by atoms with Crippen LogP contribution >= 0.6 is 11.3 Å². The Labute approximate surface area is 210 Å². The minimum absolute atomic E-state index is 0.0181. The molecule has 0 saturated carbocycles. The largest absolute Gasteiger partial charge is 0.496 e. The average Bonchev–Trinajstić information content (AvgIpc) is 3.21. The molecule has 0 N–H and O–H groups in total. The summed E-state index contributed by atoms with van der Waals surface area (Å²) in [5.74, 6) is 0.711. The lowest BCUT2D eigenvalue weighted by Gasteiger charge is -2.31. The van der Waals surface area contributed by atoms with Gasteiger partial charge in [0.25, 0.3) is 11.2 Å². The SMILES string of the molecule is COc1ccccc1C1C2=C(N=c3sc(=Cc4cccc([N+](=O)[O-])c4)c(=O)n31)c1ccccc1CC2. The third kappa shape index (κ3) is 3.58. The number of hydrogen-bond acceptors (Lipinski definition) is 6. The van der Waals surface area contributed by atoms with Crippen molar-refractivity contribution in [2.24, 2.45) is 4.99 Å². The fourth-order valence-corrected chi connectivity index (χ4v) is 6.07. The van der Waals surface area contributed by atoms with Crippen LogP contribution < -0.4 is 19.6 Å². The van der Waals surface area contributed by atoms with Gasteiger partial charge in [-0.15, -0.1) is 0 Å². The van der Waals surface area contributed by atoms with E-state index in [2.05, 4.69) is 12.1 Å². The van der Waals surface area contributed by atoms with Crippen molar-refractivity contribution in [3.05, 3.63) is 130 Å². The Morgan fingerprint density at radius 3 is 2.72 bits per heavy atom. The number of non-ortho nitro benzene ring substituents is 1. The van der Waals surface area contributed by atoms with Gasteiger partial charge in [0.15, 0.2) is 4.80 Å². The van der Waals surface area contributed by atoms with Gasteiger partial charge in [0.05, 0.1) is 28.3 Å². The maximum atomic E-state index is 13.8. The van der Waals surface area contributed by atoms with Crippen LogP contribution in [0.4, 0.5) is 5.69 Å². The zero-order valence-electron chi connectivity index (χ0n) is 19.4. The normalized spacial score (nSPS) is 16.6. The summed E-state index contributed by atoms with van der Waals surface area (Å²) >= 11 is 1.30. The average molecular weight is 496 g/mol. The topological polar surface area (TPSA) is 86.7 Å². The molecule has 1 aromatic heterocycles. The van der Waals surface area contributed by atoms with Crippen molar-refractivity contribution in [2.45, 2.75) is 18.9 Å². The standard InChI is InChI=1S/C28H21N3O4S/c1-35-23-12-5-4-11-21(23)26-22-14-13-18-8-2-3-10-20(18)25(22)29-28-30(26)27(32)24(36-28)16-17-7-6-9-19(15-17)31(33)34/h2-12,15-16,26H,13-14H2,1H3. The van der Waals surface area contributed by atoms with Gasteiger partial charge >= 0.3 is 0 Å². The van der Waals surface area contributed by atoms with Gasteiger partial charge in [-0.3, -0.25) is 19.5 Å². The molecule has 1 unspecified atom stereocenters. The van der Waals surface area contributed by atoms with Crippen molar-refractivity contribution in [1.82, 2.24) is 4.57 Å². The molecule has 178 valence electrons. The molecular weight excluding hydrogens is 474 g/mol. The molecule has 6 rings (SSSR count). The number of aromatic nitrogens is 1. The Bertz CT molecular complexity index is 1750. The van der Waals surface area contributed by atoms with Gasteiger partial charge in [0, 0.05) is 23.3 Å². The third-order valence-electron chi connectivity index (χ3n) is 6.69. The second-order valence-electron chi connectivity index (χ2n) is 8.71. The summed E-state index contributed by atoms with van der Waals surface area (Å²) in [4.78, 5) is 30.2. The lowest BCUT2D eigenvalue weighted by Crippen LogP contribution is -2.39. The van der Waals surface area contributed by atoms with Gasteiger partial charge in [0.2, 0.25) is 0 Å². The van der Waals surface area contributed by atoms with E-state index in [4.69, 9.17) is 9.73 Å². The molecule has 1 atom stereocenters. The monoisotopic (exact) mass is 495 g/mol. The number of ether oxygens (including phenoxy) is 1. The van der Waals surface area contributed by atoms with E-state index >= 15 is 0 Å². The number of nitrogens with zero attached hydrogens (tertiary/aromatic N) is 3. The van der Waals surface area contributed by atoms with Crippen LogP contribution in [0.15, 0.2) is 88.2 Å². The fraction of sp³-hybridized carbons (Fsp3) is 0.143. The Balaban J connectivity index is 1.63. The van der Waals surface area contributed by atoms with Crippen molar-refractivity contribution in [3.8, 4) is 5.75 Å². The highest BCUT2D eigenvalue weighted by atomic mass is 32.1. The van der Waals surface area contributed by atoms with Crippen LogP contribution in [-0.4, -0.2) is 16.6 Å². The summed E-state index contributed by atoms with van der Waals surface area (Å²) in [5.41, 5.74) is 5.65. The van der Waals surface area contributed by atoms with Gasteiger partial charge in [-0.25, -0.2) is 4.99 Å². The number of nitro groups is 1. The summed E-state index contributed by atoms with van der Waals surface area (Å²) in [5, 5.41) is 11.2. The molecule has 0 saturated heterocycles. The quantitative estimate of drug-likeness (QED) is 0.313. The maximum Gasteiger partial charge on any atom is 0.271 e. The number of para-hydroxylation sites is 1. The molecular formula is C28H21N3O4S. The smallest absolute Gasteiger partial charge is 0.271 e. The number of allylic oxidation sites excluding steroid dienone is 1. The summed E-state index contributed by atoms with van der Waals surface area (Å²) < 4.78 is 7.93. The van der Waals surface area contributed by atoms with E-state index in [1.165, 1.54) is 29.0 Å². The van der Waals surface area contributed by atoms with Crippen LogP contribution in [0, 0.1) is 10.1 Å². The second kappa shape index (κ2) is 8.73. The molecule has 7 nitrogen and oxygen atoms in total. The van der Waals surface area contributed by atoms with E-state index in [9.17, 15) is 14.9 Å². The van der Waals surface area contributed by atoms with Gasteiger partial charge in [0.1, 0.15) is 5.75 Å². The van der Waals surface area contributed by atoms with Crippen molar-refractivity contribution >= 4 is 28.8 Å². The molecule has 36 heavy (non-hydrogen) atoms. The van der Waals surface area contributed by atoms with E-state index in [1.807, 2.05) is 36.4 Å². The first-order valence-corrected chi connectivity index (χ1v) is 12.4. The van der Waals surface area contributed by atoms with Gasteiger partial charge in [-0.05, 0) is 41.7 Å². The van der Waals surface area contributed by atoms with Crippen molar-refractivity contribution in [3.63, 3.8) is 0 Å². The molecule has 0 radical (unpaired) electrons. The van der Waals surface area contributed by atoms with Gasteiger partial charge in [-0.2, -0.15) is 0 Å². The van der Waals surface area contributed by atoms with Crippen molar-refractivity contribution in [2.75, 3.05) is 7.11 Å². The molecule has 0 bridgehead atoms. The van der Waals surface area contributed by atoms with E-state index in [-0.39, 0.29) is 17.3 Å². The first kappa shape index (κ1) is 22.2. The first-order valence-electron chi connectivity index (χ1n) is 11.6. The molecule has 3 aromatic carbocycles. The van der Waals surface area contributed by atoms with E-state index in [0.29, 0.717) is 20.6 Å². The molecule has 4 aromatic rings. The highest BCUT2D eigenvalue weighted by molar-refractivity contribution is 7.07. The molecule has 8 heteroatoms. The Kier molecular flexibility index (Phi) is 5.38. The zero-order valence-corrected chi connectivity index (χ0v) is 20.2. The number of thiazole rings is 1. The minimum Gasteiger partial charge on any atom is -0.496 e. The molecule has 2 aliphatic rings. The lowest BCUT2D eigenvalue weighted by molar-refractivity contribution is -0.384. The minimum atomic E-state index is -0.438. The van der Waals surface area contributed by atoms with Crippen molar-refractivity contribution < 1.29 is 9.66 Å². The number of aryl methyl sites for hydroxylation is 1. The zero-order chi connectivity index (χ0) is 24.8. The number of methoxy groups -OCH3 is 1. The first-order chi connectivity index (χ1) is 17.5. The number of rotatable bonds is 4. The Morgan fingerprint density at radius 1 is 1.08 bits per heavy atom. The molecule has 0 amide bonds. The second-order valence-corrected chi connectivity index (χ2v) is 9.72. The summed E-state index contributed by atoms with van der Waals surface area (Å²) in [6.07, 6.45) is 3.36. The number of fused-ring (bicyclic) bond motifs is 3. The van der Waals surface area contributed by atoms with Crippen LogP contribution in [0.3, 0.4) is 0 Å². The number of hydrogen-bond donors (Lipinski definition) is 0. The van der Waals surface area contributed by atoms with Crippen LogP contribution in [-0.2, 0) is 6.42 Å². The van der Waals surface area contributed by atoms with Gasteiger partial charge < -0.3 is 4.74 Å². The Hall–Kier alpha value is -4.30. The highest BCUT2D eigenvalue weighted by Crippen LogP contribution is 2.43. The molecule has 0 spiro atoms. The molecule has 2 heterocycles. The maximum absolute atomic E-state index is 13.8. The molecule has 1 aliphatic carbocycles. The van der Waals surface area contributed by atoms with Crippen LogP contribution in [0.5, 0.6) is 5.75 Å². The van der Waals surface area contributed by atoms with E-state index in [0.717, 1.165) is 35.2 Å². The number of benzene rings is 3. The van der Waals surface area contributed by atoms with Crippen LogP contribution in [0.25, 0.3) is 11.8 Å². The Morgan fingerprint density at radius 2 is 1.89 bits per heavy atom. The fourth-order valence-electron chi connectivity index (χ4n) is 5.07. The molecule has 1 aliphatic heterocycles. The van der Waals surface area contributed by atoms with Gasteiger partial charge in [-0.1, -0.05) is 65.9 Å². The van der Waals surface area contributed by atoms with E-state index in [1.54, 1.807) is 29.9 Å². The molecule has 0 fully saturated rings. The summed E-state index contributed by atoms with van der Waals surface area (Å²) in [6, 6.07) is 22.0. The van der Waals surface area contributed by atoms with Crippen molar-refractivity contribution in [1.29, 1.82) is 0 Å². The van der Waals surface area contributed by atoms with E-state index < -0.39 is 4.92 Å². The van der Waals surface area contributed by atoms with Crippen LogP contribution in [0.1, 0.15) is 34.7 Å². The van der Waals surface area contributed by atoms with Crippen LogP contribution in [0.2, 0.25) is 0 Å².